The number of carbonyl (C=O) groups is 1. The van der Waals surface area contributed by atoms with E-state index in [1.807, 2.05) is 0 Å². The number of ether oxygens (including phenoxy) is 2. The predicted octanol–water partition coefficient (Wildman–Crippen LogP) is 2.29. The number of amides is 1. The van der Waals surface area contributed by atoms with Crippen molar-refractivity contribution >= 4 is 15.9 Å². The zero-order valence-corrected chi connectivity index (χ0v) is 16.7. The molecule has 1 aliphatic heterocycles. The van der Waals surface area contributed by atoms with Crippen LogP contribution in [0.1, 0.15) is 23.2 Å². The Kier molecular flexibility index (Phi) is 6.21. The molecule has 0 atom stereocenters. The molecule has 1 fully saturated rings. The van der Waals surface area contributed by atoms with Gasteiger partial charge in [0.25, 0.3) is 5.91 Å². The first-order valence-electron chi connectivity index (χ1n) is 9.03. The number of sulfonamides is 1. The molecule has 0 unspecified atom stereocenters. The fourth-order valence-electron chi connectivity index (χ4n) is 3.17. The average molecular weight is 404 g/mol. The molecule has 150 valence electrons. The maximum atomic E-state index is 12.8. The van der Waals surface area contributed by atoms with Gasteiger partial charge in [-0.2, -0.15) is 4.31 Å². The summed E-state index contributed by atoms with van der Waals surface area (Å²) >= 11 is 0. The van der Waals surface area contributed by atoms with Crippen molar-refractivity contribution in [3.8, 4) is 11.5 Å². The Balaban J connectivity index is 1.59. The van der Waals surface area contributed by atoms with Gasteiger partial charge >= 0.3 is 0 Å². The summed E-state index contributed by atoms with van der Waals surface area (Å²) in [4.78, 5) is 12.7. The summed E-state index contributed by atoms with van der Waals surface area (Å²) in [6.45, 7) is 0.717. The van der Waals surface area contributed by atoms with E-state index < -0.39 is 10.0 Å². The summed E-state index contributed by atoms with van der Waals surface area (Å²) in [6.07, 6.45) is 1.12. The summed E-state index contributed by atoms with van der Waals surface area (Å²) < 4.78 is 37.3. The van der Waals surface area contributed by atoms with Crippen LogP contribution in [0.5, 0.6) is 11.5 Å². The second kappa shape index (κ2) is 8.62. The van der Waals surface area contributed by atoms with Crippen molar-refractivity contribution in [3.63, 3.8) is 0 Å². The van der Waals surface area contributed by atoms with Crippen LogP contribution in [0.25, 0.3) is 0 Å². The van der Waals surface area contributed by atoms with Crippen LogP contribution in [0, 0.1) is 0 Å². The smallest absolute Gasteiger partial charge is 0.251 e. The molecule has 0 spiro atoms. The Bertz CT molecular complexity index is 920. The third-order valence-corrected chi connectivity index (χ3v) is 6.73. The number of hydrogen-bond acceptors (Lipinski definition) is 5. The summed E-state index contributed by atoms with van der Waals surface area (Å²) in [6, 6.07) is 13.2. The van der Waals surface area contributed by atoms with Gasteiger partial charge in [-0.05, 0) is 55.3 Å². The first-order valence-corrected chi connectivity index (χ1v) is 10.5. The minimum absolute atomic E-state index is 0.0685. The van der Waals surface area contributed by atoms with Crippen molar-refractivity contribution in [2.45, 2.75) is 23.8 Å². The normalized spacial score (nSPS) is 15.8. The molecule has 1 aliphatic rings. The molecule has 2 aromatic carbocycles. The number of methoxy groups -OCH3 is 2. The zero-order chi connectivity index (χ0) is 20.1. The molecule has 0 aromatic heterocycles. The molecule has 1 heterocycles. The van der Waals surface area contributed by atoms with Crippen molar-refractivity contribution in [1.82, 2.24) is 9.62 Å². The molecule has 28 heavy (non-hydrogen) atoms. The van der Waals surface area contributed by atoms with Gasteiger partial charge in [-0.1, -0.05) is 6.07 Å². The Morgan fingerprint density at radius 1 is 1.00 bits per heavy atom. The topological polar surface area (TPSA) is 84.9 Å². The summed E-state index contributed by atoms with van der Waals surface area (Å²) in [5, 5.41) is 2.98. The van der Waals surface area contributed by atoms with Crippen molar-refractivity contribution in [2.75, 3.05) is 27.3 Å². The van der Waals surface area contributed by atoms with Crippen LogP contribution in [-0.2, 0) is 10.0 Å². The van der Waals surface area contributed by atoms with E-state index in [1.165, 1.54) is 11.4 Å². The van der Waals surface area contributed by atoms with Gasteiger partial charge in [-0.3, -0.25) is 4.79 Å². The molecule has 0 aliphatic carbocycles. The van der Waals surface area contributed by atoms with Crippen molar-refractivity contribution in [2.24, 2.45) is 0 Å². The molecule has 1 N–H and O–H groups in total. The number of piperidine rings is 1. The molecule has 0 radical (unpaired) electrons. The van der Waals surface area contributed by atoms with Gasteiger partial charge in [0.1, 0.15) is 11.5 Å². The summed E-state index contributed by atoms with van der Waals surface area (Å²) in [7, 11) is -0.464. The lowest BCUT2D eigenvalue weighted by atomic mass is 10.1. The van der Waals surface area contributed by atoms with E-state index in [4.69, 9.17) is 9.47 Å². The number of benzene rings is 2. The van der Waals surface area contributed by atoms with E-state index in [9.17, 15) is 13.2 Å². The summed E-state index contributed by atoms with van der Waals surface area (Å²) in [5.41, 5.74) is 0.521. The highest BCUT2D eigenvalue weighted by atomic mass is 32.2. The molecular formula is C20H24N2O5S. The van der Waals surface area contributed by atoms with Gasteiger partial charge in [0.15, 0.2) is 0 Å². The van der Waals surface area contributed by atoms with E-state index in [0.29, 0.717) is 43.0 Å². The van der Waals surface area contributed by atoms with Gasteiger partial charge in [0.05, 0.1) is 19.1 Å². The predicted molar refractivity (Wildman–Crippen MR) is 105 cm³/mol. The highest BCUT2D eigenvalue weighted by molar-refractivity contribution is 7.89. The van der Waals surface area contributed by atoms with Gasteiger partial charge in [-0.15, -0.1) is 0 Å². The van der Waals surface area contributed by atoms with Crippen molar-refractivity contribution in [3.05, 3.63) is 54.1 Å². The molecule has 1 saturated heterocycles. The molecule has 3 rings (SSSR count). The van der Waals surface area contributed by atoms with Crippen LogP contribution in [-0.4, -0.2) is 52.0 Å². The number of carbonyl (C=O) groups excluding carboxylic acids is 1. The largest absolute Gasteiger partial charge is 0.497 e. The Morgan fingerprint density at radius 2 is 1.64 bits per heavy atom. The van der Waals surface area contributed by atoms with Crippen LogP contribution >= 0.6 is 0 Å². The average Bonchev–Trinajstić information content (AvgIpc) is 2.74. The minimum Gasteiger partial charge on any atom is -0.497 e. The van der Waals surface area contributed by atoms with Crippen LogP contribution in [0.2, 0.25) is 0 Å². The minimum atomic E-state index is -3.55. The number of hydrogen-bond donors (Lipinski definition) is 1. The quantitative estimate of drug-likeness (QED) is 0.799. The zero-order valence-electron chi connectivity index (χ0n) is 15.9. The second-order valence-electron chi connectivity index (χ2n) is 6.56. The third kappa shape index (κ3) is 4.45. The molecule has 7 nitrogen and oxygen atoms in total. The van der Waals surface area contributed by atoms with Crippen molar-refractivity contribution in [1.29, 1.82) is 0 Å². The fourth-order valence-corrected chi connectivity index (χ4v) is 4.64. The lowest BCUT2D eigenvalue weighted by molar-refractivity contribution is 0.0923. The van der Waals surface area contributed by atoms with E-state index in [0.717, 1.165) is 0 Å². The Labute approximate surface area is 165 Å². The van der Waals surface area contributed by atoms with E-state index in [1.54, 1.807) is 55.6 Å². The van der Waals surface area contributed by atoms with Gasteiger partial charge < -0.3 is 14.8 Å². The first-order chi connectivity index (χ1) is 13.4. The van der Waals surface area contributed by atoms with Crippen LogP contribution < -0.4 is 14.8 Å². The maximum Gasteiger partial charge on any atom is 0.251 e. The van der Waals surface area contributed by atoms with Crippen LogP contribution in [0.3, 0.4) is 0 Å². The molecule has 0 saturated carbocycles. The van der Waals surface area contributed by atoms with Crippen LogP contribution in [0.4, 0.5) is 0 Å². The van der Waals surface area contributed by atoms with Crippen LogP contribution in [0.15, 0.2) is 53.4 Å². The lowest BCUT2D eigenvalue weighted by Crippen LogP contribution is -2.46. The molecule has 0 bridgehead atoms. The molecule has 8 heteroatoms. The standard InChI is InChI=1S/C20H24N2O5S/c1-26-17-6-8-19(9-7-17)28(24,25)22-12-10-16(11-13-22)21-20(23)15-4-3-5-18(14-15)27-2/h3-9,14,16H,10-13H2,1-2H3,(H,21,23). The number of rotatable bonds is 6. The summed E-state index contributed by atoms with van der Waals surface area (Å²) in [5.74, 6) is 1.04. The van der Waals surface area contributed by atoms with Gasteiger partial charge in [0.2, 0.25) is 10.0 Å². The maximum absolute atomic E-state index is 12.8. The van der Waals surface area contributed by atoms with Gasteiger partial charge in [0, 0.05) is 24.7 Å². The first kappa shape index (κ1) is 20.2. The highest BCUT2D eigenvalue weighted by Crippen LogP contribution is 2.23. The highest BCUT2D eigenvalue weighted by Gasteiger charge is 2.30. The molecule has 2 aromatic rings. The van der Waals surface area contributed by atoms with Crippen molar-refractivity contribution < 1.29 is 22.7 Å². The Morgan fingerprint density at radius 3 is 2.25 bits per heavy atom. The SMILES string of the molecule is COc1ccc(S(=O)(=O)N2CCC(NC(=O)c3cccc(OC)c3)CC2)cc1. The fraction of sp³-hybridized carbons (Fsp3) is 0.350. The lowest BCUT2D eigenvalue weighted by Gasteiger charge is -2.31. The monoisotopic (exact) mass is 404 g/mol. The third-order valence-electron chi connectivity index (χ3n) is 4.82. The second-order valence-corrected chi connectivity index (χ2v) is 8.50. The molecular weight excluding hydrogens is 380 g/mol. The molecule has 1 amide bonds. The van der Waals surface area contributed by atoms with E-state index in [2.05, 4.69) is 5.32 Å². The van der Waals surface area contributed by atoms with E-state index in [-0.39, 0.29) is 16.8 Å². The Hall–Kier alpha value is -2.58. The number of nitrogens with one attached hydrogen (secondary N) is 1. The van der Waals surface area contributed by atoms with E-state index >= 15 is 0 Å². The number of nitrogens with zero attached hydrogens (tertiary/aromatic N) is 1. The van der Waals surface area contributed by atoms with Gasteiger partial charge in [-0.25, -0.2) is 8.42 Å².